The molecule has 1 saturated heterocycles. The van der Waals surface area contributed by atoms with Gasteiger partial charge < -0.3 is 9.64 Å². The maximum absolute atomic E-state index is 12.8. The van der Waals surface area contributed by atoms with Crippen LogP contribution in [0.25, 0.3) is 11.3 Å². The van der Waals surface area contributed by atoms with E-state index < -0.39 is 11.7 Å². The van der Waals surface area contributed by atoms with E-state index in [0.29, 0.717) is 25.5 Å². The number of piperazine rings is 1. The van der Waals surface area contributed by atoms with Crippen molar-refractivity contribution in [3.05, 3.63) is 58.9 Å². The van der Waals surface area contributed by atoms with Crippen LogP contribution in [-0.4, -0.2) is 53.4 Å². The van der Waals surface area contributed by atoms with Gasteiger partial charge in [0.15, 0.2) is 0 Å². The first kappa shape index (κ1) is 21.5. The van der Waals surface area contributed by atoms with E-state index in [4.69, 9.17) is 16.3 Å². The van der Waals surface area contributed by atoms with E-state index in [1.54, 1.807) is 7.11 Å². The van der Waals surface area contributed by atoms with Crippen LogP contribution in [0.1, 0.15) is 11.1 Å². The molecule has 1 N–H and O–H groups in total. The number of pyridine rings is 1. The molecule has 1 fully saturated rings. The van der Waals surface area contributed by atoms with Crippen molar-refractivity contribution >= 4 is 17.4 Å². The Morgan fingerprint density at radius 2 is 1.81 bits per heavy atom. The summed E-state index contributed by atoms with van der Waals surface area (Å²) in [6.07, 6.45) is -1.81. The maximum atomic E-state index is 12.8. The predicted octanol–water partition coefficient (Wildman–Crippen LogP) is 4.47. The van der Waals surface area contributed by atoms with Gasteiger partial charge in [0.1, 0.15) is 11.6 Å². The molecule has 0 bridgehead atoms. The lowest BCUT2D eigenvalue weighted by molar-refractivity contribution is -0.137. The fourth-order valence-electron chi connectivity index (χ4n) is 3.62. The van der Waals surface area contributed by atoms with Crippen molar-refractivity contribution in [2.24, 2.45) is 0 Å². The maximum Gasteiger partial charge on any atom is 0.417 e. The van der Waals surface area contributed by atoms with Crippen molar-refractivity contribution in [1.29, 1.82) is 0 Å². The second-order valence-electron chi connectivity index (χ2n) is 7.29. The van der Waals surface area contributed by atoms with Crippen LogP contribution in [0, 0.1) is 0 Å². The Morgan fingerprint density at radius 3 is 2.42 bits per heavy atom. The van der Waals surface area contributed by atoms with E-state index in [-0.39, 0.29) is 5.02 Å². The third-order valence-electron chi connectivity index (χ3n) is 5.31. The normalized spacial score (nSPS) is 15.3. The number of anilines is 1. The predicted molar refractivity (Wildman–Crippen MR) is 112 cm³/mol. The van der Waals surface area contributed by atoms with Crippen molar-refractivity contribution in [3.63, 3.8) is 0 Å². The van der Waals surface area contributed by atoms with E-state index in [1.807, 2.05) is 35.4 Å². The summed E-state index contributed by atoms with van der Waals surface area (Å²) in [4.78, 5) is 8.15. The molecule has 2 aromatic heterocycles. The van der Waals surface area contributed by atoms with Gasteiger partial charge in [-0.05, 0) is 30.3 Å². The number of methoxy groups -OCH3 is 1. The molecule has 0 amide bonds. The summed E-state index contributed by atoms with van der Waals surface area (Å²) in [6.45, 7) is 3.40. The molecule has 1 aromatic carbocycles. The number of alkyl halides is 3. The molecule has 6 nitrogen and oxygen atoms in total. The molecule has 164 valence electrons. The largest absolute Gasteiger partial charge is 0.497 e. The Hall–Kier alpha value is -2.78. The number of nitrogens with one attached hydrogen (secondary N) is 1. The number of benzene rings is 1. The molecule has 0 unspecified atom stereocenters. The quantitative estimate of drug-likeness (QED) is 0.620. The van der Waals surface area contributed by atoms with Crippen LogP contribution in [0.3, 0.4) is 0 Å². The molecule has 0 radical (unpaired) electrons. The van der Waals surface area contributed by atoms with Crippen LogP contribution < -0.4 is 9.64 Å². The Kier molecular flexibility index (Phi) is 6.06. The Bertz CT molecular complexity index is 1030. The third kappa shape index (κ3) is 4.77. The molecule has 31 heavy (non-hydrogen) atoms. The second kappa shape index (κ2) is 8.76. The van der Waals surface area contributed by atoms with Crippen molar-refractivity contribution in [2.45, 2.75) is 12.7 Å². The second-order valence-corrected chi connectivity index (χ2v) is 7.70. The Labute approximate surface area is 182 Å². The van der Waals surface area contributed by atoms with Gasteiger partial charge in [-0.2, -0.15) is 18.3 Å². The third-order valence-corrected chi connectivity index (χ3v) is 5.59. The minimum atomic E-state index is -4.46. The summed E-state index contributed by atoms with van der Waals surface area (Å²) >= 11 is 6.09. The van der Waals surface area contributed by atoms with Crippen molar-refractivity contribution in [1.82, 2.24) is 20.1 Å². The molecule has 1 aliphatic heterocycles. The van der Waals surface area contributed by atoms with Gasteiger partial charge in [-0.1, -0.05) is 11.6 Å². The van der Waals surface area contributed by atoms with E-state index >= 15 is 0 Å². The molecular formula is C21H21ClF3N5O. The highest BCUT2D eigenvalue weighted by Gasteiger charge is 2.32. The van der Waals surface area contributed by atoms with Gasteiger partial charge >= 0.3 is 6.18 Å². The van der Waals surface area contributed by atoms with Crippen molar-refractivity contribution in [3.8, 4) is 17.0 Å². The van der Waals surface area contributed by atoms with Gasteiger partial charge in [-0.25, -0.2) is 4.98 Å². The van der Waals surface area contributed by atoms with Crippen LogP contribution in [0.15, 0.2) is 42.7 Å². The van der Waals surface area contributed by atoms with Crippen LogP contribution in [0.2, 0.25) is 5.02 Å². The Balaban J connectivity index is 1.40. The summed E-state index contributed by atoms with van der Waals surface area (Å²) in [6, 6.07) is 8.69. The summed E-state index contributed by atoms with van der Waals surface area (Å²) in [5.74, 6) is 1.17. The molecular weight excluding hydrogens is 431 g/mol. The number of nitrogens with zero attached hydrogens (tertiary/aromatic N) is 4. The first-order chi connectivity index (χ1) is 14.8. The minimum Gasteiger partial charge on any atom is -0.497 e. The SMILES string of the molecule is COc1ccc(-c2[nH]ncc2CN2CCN(c3ncc(C(F)(F)F)cc3Cl)CC2)cc1. The highest BCUT2D eigenvalue weighted by molar-refractivity contribution is 6.33. The zero-order valence-corrected chi connectivity index (χ0v) is 17.5. The first-order valence-electron chi connectivity index (χ1n) is 9.72. The molecule has 0 aliphatic carbocycles. The van der Waals surface area contributed by atoms with E-state index in [0.717, 1.165) is 47.9 Å². The highest BCUT2D eigenvalue weighted by Crippen LogP contribution is 2.34. The number of rotatable bonds is 5. The average Bonchev–Trinajstić information content (AvgIpc) is 3.22. The number of aromatic nitrogens is 3. The number of H-pyrrole nitrogens is 1. The standard InChI is InChI=1S/C21H21ClF3N5O/c1-31-17-4-2-14(3-5-17)19-15(11-27-28-19)13-29-6-8-30(9-7-29)20-18(22)10-16(12-26-20)21(23,24)25/h2-5,10-12H,6-9,13H2,1H3,(H,27,28). The first-order valence-corrected chi connectivity index (χ1v) is 10.1. The highest BCUT2D eigenvalue weighted by atomic mass is 35.5. The molecule has 0 saturated carbocycles. The number of hydrogen-bond donors (Lipinski definition) is 1. The number of ether oxygens (including phenoxy) is 1. The molecule has 3 heterocycles. The summed E-state index contributed by atoms with van der Waals surface area (Å²) < 4.78 is 43.7. The van der Waals surface area contributed by atoms with Crippen molar-refractivity contribution in [2.75, 3.05) is 38.2 Å². The van der Waals surface area contributed by atoms with E-state index in [1.165, 1.54) is 0 Å². The van der Waals surface area contributed by atoms with Crippen LogP contribution in [0.4, 0.5) is 19.0 Å². The summed E-state index contributed by atoms with van der Waals surface area (Å²) in [5, 5.41) is 7.27. The fraction of sp³-hybridized carbons (Fsp3) is 0.333. The average molecular weight is 452 g/mol. The van der Waals surface area contributed by atoms with Gasteiger partial charge in [-0.3, -0.25) is 10.00 Å². The number of aromatic amines is 1. The molecule has 0 spiro atoms. The van der Waals surface area contributed by atoms with E-state index in [9.17, 15) is 13.2 Å². The lowest BCUT2D eigenvalue weighted by atomic mass is 10.1. The monoisotopic (exact) mass is 451 g/mol. The molecule has 4 rings (SSSR count). The summed E-state index contributed by atoms with van der Waals surface area (Å²) in [5.41, 5.74) is 2.21. The zero-order valence-electron chi connectivity index (χ0n) is 16.8. The number of hydrogen-bond acceptors (Lipinski definition) is 5. The number of halogens is 4. The van der Waals surface area contributed by atoms with Gasteiger partial charge in [-0.15, -0.1) is 0 Å². The lowest BCUT2D eigenvalue weighted by Crippen LogP contribution is -2.46. The van der Waals surface area contributed by atoms with Gasteiger partial charge in [0, 0.05) is 50.0 Å². The van der Waals surface area contributed by atoms with Crippen LogP contribution in [0.5, 0.6) is 5.75 Å². The zero-order chi connectivity index (χ0) is 22.0. The topological polar surface area (TPSA) is 57.3 Å². The fourth-order valence-corrected chi connectivity index (χ4v) is 3.90. The van der Waals surface area contributed by atoms with Gasteiger partial charge in [0.25, 0.3) is 0 Å². The lowest BCUT2D eigenvalue weighted by Gasteiger charge is -2.35. The van der Waals surface area contributed by atoms with E-state index in [2.05, 4.69) is 20.1 Å². The molecule has 0 atom stereocenters. The van der Waals surface area contributed by atoms with Crippen LogP contribution in [-0.2, 0) is 12.7 Å². The van der Waals surface area contributed by atoms with Crippen molar-refractivity contribution < 1.29 is 17.9 Å². The smallest absolute Gasteiger partial charge is 0.417 e. The molecule has 1 aliphatic rings. The molecule has 10 heteroatoms. The summed E-state index contributed by atoms with van der Waals surface area (Å²) in [7, 11) is 1.63. The van der Waals surface area contributed by atoms with Gasteiger partial charge in [0.2, 0.25) is 0 Å². The Morgan fingerprint density at radius 1 is 1.10 bits per heavy atom. The van der Waals surface area contributed by atoms with Gasteiger partial charge in [0.05, 0.1) is 29.6 Å². The minimum absolute atomic E-state index is 0.0138. The van der Waals surface area contributed by atoms with Crippen LogP contribution >= 0.6 is 11.6 Å². The molecule has 3 aromatic rings.